The Hall–Kier alpha value is -0.810. The molecule has 0 saturated heterocycles. The van der Waals surface area contributed by atoms with Crippen LogP contribution in [0.2, 0.25) is 5.02 Å². The molecule has 0 fully saturated rings. The van der Waals surface area contributed by atoms with Crippen molar-refractivity contribution in [1.29, 1.82) is 0 Å². The first-order valence-corrected chi connectivity index (χ1v) is 7.07. The van der Waals surface area contributed by atoms with Gasteiger partial charge in [-0.25, -0.2) is 0 Å². The number of hydrogen-bond acceptors (Lipinski definition) is 3. The van der Waals surface area contributed by atoms with Gasteiger partial charge in [0.05, 0.1) is 32.9 Å². The van der Waals surface area contributed by atoms with Crippen LogP contribution in [-0.2, 0) is 11.2 Å². The van der Waals surface area contributed by atoms with Gasteiger partial charge in [0.15, 0.2) is 0 Å². The van der Waals surface area contributed by atoms with Gasteiger partial charge >= 0.3 is 0 Å². The van der Waals surface area contributed by atoms with Crippen molar-refractivity contribution >= 4 is 11.6 Å². The summed E-state index contributed by atoms with van der Waals surface area (Å²) in [5.41, 5.74) is 1.10. The van der Waals surface area contributed by atoms with E-state index in [0.29, 0.717) is 19.8 Å². The second kappa shape index (κ2) is 10.0. The molecule has 3 N–H and O–H groups in total. The highest BCUT2D eigenvalue weighted by Crippen LogP contribution is 2.22. The van der Waals surface area contributed by atoms with Crippen molar-refractivity contribution in [1.82, 2.24) is 0 Å². The lowest BCUT2D eigenvalue weighted by Crippen LogP contribution is -2.86. The Morgan fingerprint density at radius 1 is 1.21 bits per heavy atom. The van der Waals surface area contributed by atoms with E-state index in [1.807, 2.05) is 23.5 Å². The van der Waals surface area contributed by atoms with Crippen molar-refractivity contribution in [2.75, 3.05) is 39.5 Å². The van der Waals surface area contributed by atoms with E-state index in [2.05, 4.69) is 6.92 Å². The Bertz CT molecular complexity index is 361. The maximum atomic E-state index is 8.59. The SMILES string of the molecule is CCc1cc(OCCOCC[NH2+]CCO)ccc1Cl. The third kappa shape index (κ3) is 6.78. The average Bonchev–Trinajstić information content (AvgIpc) is 2.43. The van der Waals surface area contributed by atoms with E-state index in [0.717, 1.165) is 35.8 Å². The summed E-state index contributed by atoms with van der Waals surface area (Å²) in [7, 11) is 0. The van der Waals surface area contributed by atoms with Gasteiger partial charge in [0.1, 0.15) is 12.4 Å². The van der Waals surface area contributed by atoms with E-state index in [1.165, 1.54) is 0 Å². The van der Waals surface area contributed by atoms with Crippen LogP contribution in [0.25, 0.3) is 0 Å². The van der Waals surface area contributed by atoms with E-state index < -0.39 is 0 Å². The molecule has 0 saturated carbocycles. The number of rotatable bonds is 10. The lowest BCUT2D eigenvalue weighted by Gasteiger charge is -2.09. The number of aliphatic hydroxyl groups excluding tert-OH is 1. The zero-order valence-electron chi connectivity index (χ0n) is 11.4. The molecule has 0 atom stereocenters. The molecule has 0 amide bonds. The molecule has 1 aromatic carbocycles. The van der Waals surface area contributed by atoms with Gasteiger partial charge in [-0.3, -0.25) is 0 Å². The lowest BCUT2D eigenvalue weighted by atomic mass is 10.1. The Morgan fingerprint density at radius 2 is 2.05 bits per heavy atom. The fraction of sp³-hybridized carbons (Fsp3) is 0.571. The van der Waals surface area contributed by atoms with Crippen molar-refractivity contribution in [3.63, 3.8) is 0 Å². The first kappa shape index (κ1) is 16.2. The second-order valence-corrected chi connectivity index (χ2v) is 4.56. The molecule has 0 aromatic heterocycles. The van der Waals surface area contributed by atoms with Crippen LogP contribution in [-0.4, -0.2) is 44.6 Å². The predicted octanol–water partition coefficient (Wildman–Crippen LogP) is 0.854. The van der Waals surface area contributed by atoms with E-state index in [4.69, 9.17) is 26.2 Å². The summed E-state index contributed by atoms with van der Waals surface area (Å²) in [6.07, 6.45) is 0.896. The summed E-state index contributed by atoms with van der Waals surface area (Å²) in [6, 6.07) is 5.70. The molecule has 0 spiro atoms. The summed E-state index contributed by atoms with van der Waals surface area (Å²) >= 11 is 6.04. The van der Waals surface area contributed by atoms with Crippen LogP contribution in [0.3, 0.4) is 0 Å². The predicted molar refractivity (Wildman–Crippen MR) is 75.9 cm³/mol. The summed E-state index contributed by atoms with van der Waals surface area (Å²) in [5.74, 6) is 0.830. The summed E-state index contributed by atoms with van der Waals surface area (Å²) in [4.78, 5) is 0. The number of quaternary nitrogens is 1. The average molecular weight is 289 g/mol. The van der Waals surface area contributed by atoms with Crippen LogP contribution in [0.15, 0.2) is 18.2 Å². The maximum Gasteiger partial charge on any atom is 0.119 e. The molecular formula is C14H23ClNO3+. The van der Waals surface area contributed by atoms with Gasteiger partial charge < -0.3 is 19.9 Å². The number of aliphatic hydroxyl groups is 1. The van der Waals surface area contributed by atoms with Crippen molar-refractivity contribution in [2.24, 2.45) is 0 Å². The Labute approximate surface area is 119 Å². The van der Waals surface area contributed by atoms with Crippen LogP contribution in [0.4, 0.5) is 0 Å². The molecule has 0 aliphatic carbocycles. The summed E-state index contributed by atoms with van der Waals surface area (Å²) in [6.45, 7) is 5.63. The number of halogens is 1. The van der Waals surface area contributed by atoms with Gasteiger partial charge in [-0.1, -0.05) is 18.5 Å². The molecule has 1 aromatic rings. The van der Waals surface area contributed by atoms with Crippen molar-refractivity contribution in [3.05, 3.63) is 28.8 Å². The molecular weight excluding hydrogens is 266 g/mol. The van der Waals surface area contributed by atoms with Gasteiger partial charge in [0.25, 0.3) is 0 Å². The molecule has 0 aliphatic rings. The molecule has 0 aliphatic heterocycles. The van der Waals surface area contributed by atoms with Gasteiger partial charge in [0, 0.05) is 5.02 Å². The summed E-state index contributed by atoms with van der Waals surface area (Å²) in [5, 5.41) is 11.4. The second-order valence-electron chi connectivity index (χ2n) is 4.16. The largest absolute Gasteiger partial charge is 0.491 e. The number of nitrogens with two attached hydrogens (primary N) is 1. The molecule has 0 radical (unpaired) electrons. The third-order valence-electron chi connectivity index (χ3n) is 2.69. The molecule has 0 bridgehead atoms. The van der Waals surface area contributed by atoms with Crippen LogP contribution in [0.5, 0.6) is 5.75 Å². The summed E-state index contributed by atoms with van der Waals surface area (Å²) < 4.78 is 11.0. The van der Waals surface area contributed by atoms with Gasteiger partial charge in [-0.15, -0.1) is 0 Å². The first-order valence-electron chi connectivity index (χ1n) is 6.69. The van der Waals surface area contributed by atoms with Crippen molar-refractivity contribution in [3.8, 4) is 5.75 Å². The van der Waals surface area contributed by atoms with E-state index >= 15 is 0 Å². The maximum absolute atomic E-state index is 8.59. The fourth-order valence-corrected chi connectivity index (χ4v) is 1.89. The number of ether oxygens (including phenoxy) is 2. The molecule has 4 nitrogen and oxygen atoms in total. The molecule has 5 heteroatoms. The molecule has 1 rings (SSSR count). The molecule has 0 heterocycles. The Kier molecular flexibility index (Phi) is 8.58. The quantitative estimate of drug-likeness (QED) is 0.628. The van der Waals surface area contributed by atoms with Gasteiger partial charge in [-0.05, 0) is 30.2 Å². The highest BCUT2D eigenvalue weighted by atomic mass is 35.5. The Morgan fingerprint density at radius 3 is 2.79 bits per heavy atom. The number of benzene rings is 1. The smallest absolute Gasteiger partial charge is 0.119 e. The zero-order chi connectivity index (χ0) is 13.9. The van der Waals surface area contributed by atoms with Crippen LogP contribution in [0.1, 0.15) is 12.5 Å². The Balaban J connectivity index is 2.12. The fourth-order valence-electron chi connectivity index (χ4n) is 1.63. The van der Waals surface area contributed by atoms with E-state index in [-0.39, 0.29) is 6.61 Å². The van der Waals surface area contributed by atoms with E-state index in [9.17, 15) is 0 Å². The normalized spacial score (nSPS) is 10.7. The third-order valence-corrected chi connectivity index (χ3v) is 3.06. The van der Waals surface area contributed by atoms with Gasteiger partial charge in [-0.2, -0.15) is 0 Å². The minimum absolute atomic E-state index is 0.208. The monoisotopic (exact) mass is 288 g/mol. The minimum atomic E-state index is 0.208. The van der Waals surface area contributed by atoms with Gasteiger partial charge in [0.2, 0.25) is 0 Å². The molecule has 19 heavy (non-hydrogen) atoms. The highest BCUT2D eigenvalue weighted by Gasteiger charge is 2.01. The standard InChI is InChI=1S/C14H22ClNO3/c1-2-12-11-13(3-4-14(12)15)19-10-9-18-8-6-16-5-7-17/h3-4,11,16-17H,2,5-10H2,1H3/p+1. The topological polar surface area (TPSA) is 55.3 Å². The first-order chi connectivity index (χ1) is 9.27. The van der Waals surface area contributed by atoms with Crippen LogP contribution in [0, 0.1) is 0 Å². The zero-order valence-corrected chi connectivity index (χ0v) is 12.2. The minimum Gasteiger partial charge on any atom is -0.491 e. The highest BCUT2D eigenvalue weighted by molar-refractivity contribution is 6.31. The lowest BCUT2D eigenvalue weighted by molar-refractivity contribution is -0.657. The van der Waals surface area contributed by atoms with Crippen molar-refractivity contribution in [2.45, 2.75) is 13.3 Å². The molecule has 0 unspecified atom stereocenters. The van der Waals surface area contributed by atoms with Crippen LogP contribution >= 0.6 is 11.6 Å². The van der Waals surface area contributed by atoms with Crippen molar-refractivity contribution < 1.29 is 19.9 Å². The number of aryl methyl sites for hydroxylation is 1. The van der Waals surface area contributed by atoms with Crippen LogP contribution < -0.4 is 10.1 Å². The molecule has 108 valence electrons. The van der Waals surface area contributed by atoms with E-state index in [1.54, 1.807) is 0 Å². The number of hydrogen-bond donors (Lipinski definition) is 2.